The van der Waals surface area contributed by atoms with E-state index in [1.165, 1.54) is 11.3 Å². The summed E-state index contributed by atoms with van der Waals surface area (Å²) in [4.78, 5) is 25.1. The number of rotatable bonds is 4. The van der Waals surface area contributed by atoms with Crippen molar-refractivity contribution in [2.24, 2.45) is 0 Å². The number of carbonyl (C=O) groups excluding carboxylic acids is 1. The van der Waals surface area contributed by atoms with Crippen molar-refractivity contribution in [2.75, 3.05) is 25.0 Å². The molecule has 0 aromatic carbocycles. The highest BCUT2D eigenvalue weighted by molar-refractivity contribution is 7.15. The first-order valence-electron chi connectivity index (χ1n) is 9.87. The molecule has 2 aliphatic heterocycles. The van der Waals surface area contributed by atoms with Crippen molar-refractivity contribution in [1.29, 1.82) is 0 Å². The minimum Gasteiger partial charge on any atom is -0.341 e. The molecule has 2 aliphatic rings. The zero-order chi connectivity index (χ0) is 18.6. The van der Waals surface area contributed by atoms with Gasteiger partial charge in [-0.25, -0.2) is 9.97 Å². The molecule has 0 bridgehead atoms. The zero-order valence-electron chi connectivity index (χ0n) is 15.8. The van der Waals surface area contributed by atoms with Crippen LogP contribution in [0.3, 0.4) is 0 Å². The Hall–Kier alpha value is -1.99. The van der Waals surface area contributed by atoms with Gasteiger partial charge in [-0.05, 0) is 51.3 Å². The molecule has 0 saturated carbocycles. The molecule has 6 nitrogen and oxygen atoms in total. The number of nitrogens with one attached hydrogen (secondary N) is 2. The van der Waals surface area contributed by atoms with E-state index in [0.717, 1.165) is 62.0 Å². The molecule has 2 saturated heterocycles. The molecule has 0 radical (unpaired) electrons. The summed E-state index contributed by atoms with van der Waals surface area (Å²) < 4.78 is 0. The summed E-state index contributed by atoms with van der Waals surface area (Å²) in [5, 5.41) is 7.55. The standard InChI is InChI=1S/C20H27N5OS/c1-14-13-22-20(27-14)24-18-7-4-6-16(23-18)15-8-11-25(12-9-15)19(26)17-5-2-3-10-21-17/h4,6-7,13,15,17,21H,2-3,5,8-12H2,1H3,(H,22,23,24)/t17-/m0/s1. The Morgan fingerprint density at radius 1 is 1.26 bits per heavy atom. The average Bonchev–Trinajstić information content (AvgIpc) is 3.13. The first-order chi connectivity index (χ1) is 13.2. The number of anilines is 2. The summed E-state index contributed by atoms with van der Waals surface area (Å²) in [7, 11) is 0. The van der Waals surface area contributed by atoms with Crippen LogP contribution in [0.2, 0.25) is 0 Å². The quantitative estimate of drug-likeness (QED) is 0.844. The van der Waals surface area contributed by atoms with E-state index in [0.29, 0.717) is 5.92 Å². The summed E-state index contributed by atoms with van der Waals surface area (Å²) in [5.41, 5.74) is 1.11. The van der Waals surface area contributed by atoms with E-state index in [1.807, 2.05) is 24.1 Å². The maximum absolute atomic E-state index is 12.7. The minimum absolute atomic E-state index is 0.0303. The number of nitrogens with zero attached hydrogens (tertiary/aromatic N) is 3. The molecular weight excluding hydrogens is 358 g/mol. The number of aromatic nitrogens is 2. The van der Waals surface area contributed by atoms with E-state index in [4.69, 9.17) is 4.98 Å². The number of carbonyl (C=O) groups is 1. The van der Waals surface area contributed by atoms with Gasteiger partial charge in [0.05, 0.1) is 6.04 Å². The highest BCUT2D eigenvalue weighted by Crippen LogP contribution is 2.29. The lowest BCUT2D eigenvalue weighted by atomic mass is 9.92. The Bertz CT molecular complexity index is 778. The van der Waals surface area contributed by atoms with Crippen molar-refractivity contribution in [3.05, 3.63) is 35.0 Å². The molecule has 1 atom stereocenters. The van der Waals surface area contributed by atoms with Crippen LogP contribution in [0, 0.1) is 6.92 Å². The lowest BCUT2D eigenvalue weighted by Crippen LogP contribution is -2.50. The normalized spacial score (nSPS) is 21.2. The smallest absolute Gasteiger partial charge is 0.239 e. The molecule has 2 aromatic heterocycles. The zero-order valence-corrected chi connectivity index (χ0v) is 16.6. The minimum atomic E-state index is 0.0303. The van der Waals surface area contributed by atoms with Crippen LogP contribution >= 0.6 is 11.3 Å². The van der Waals surface area contributed by atoms with Gasteiger partial charge in [0.1, 0.15) is 5.82 Å². The van der Waals surface area contributed by atoms with E-state index >= 15 is 0 Å². The van der Waals surface area contributed by atoms with Gasteiger partial charge in [-0.2, -0.15) is 0 Å². The van der Waals surface area contributed by atoms with Gasteiger partial charge in [0.15, 0.2) is 5.13 Å². The molecule has 2 N–H and O–H groups in total. The van der Waals surface area contributed by atoms with Crippen molar-refractivity contribution < 1.29 is 4.79 Å². The molecule has 0 unspecified atom stereocenters. The first kappa shape index (κ1) is 18.4. The molecule has 0 aliphatic carbocycles. The van der Waals surface area contributed by atoms with Crippen molar-refractivity contribution >= 4 is 28.2 Å². The molecule has 1 amide bonds. The summed E-state index contributed by atoms with van der Waals surface area (Å²) in [6.07, 6.45) is 7.14. The van der Waals surface area contributed by atoms with Gasteiger partial charge >= 0.3 is 0 Å². The van der Waals surface area contributed by atoms with Gasteiger partial charge in [0, 0.05) is 35.8 Å². The lowest BCUT2D eigenvalue weighted by molar-refractivity contribution is -0.135. The second-order valence-electron chi connectivity index (χ2n) is 7.45. The van der Waals surface area contributed by atoms with Crippen LogP contribution in [0.25, 0.3) is 0 Å². The third-order valence-electron chi connectivity index (χ3n) is 5.46. The molecule has 144 valence electrons. The Morgan fingerprint density at radius 3 is 2.81 bits per heavy atom. The second-order valence-corrected chi connectivity index (χ2v) is 8.69. The number of piperidine rings is 2. The van der Waals surface area contributed by atoms with E-state index in [9.17, 15) is 4.79 Å². The topological polar surface area (TPSA) is 70.2 Å². The van der Waals surface area contributed by atoms with Crippen LogP contribution in [0.15, 0.2) is 24.4 Å². The molecule has 2 aromatic rings. The number of thiazole rings is 1. The number of amides is 1. The van der Waals surface area contributed by atoms with Gasteiger partial charge in [-0.3, -0.25) is 4.79 Å². The van der Waals surface area contributed by atoms with Crippen LogP contribution in [-0.2, 0) is 4.79 Å². The lowest BCUT2D eigenvalue weighted by Gasteiger charge is -2.35. The van der Waals surface area contributed by atoms with Crippen molar-refractivity contribution in [2.45, 2.75) is 51.0 Å². The van der Waals surface area contributed by atoms with Crippen molar-refractivity contribution in [1.82, 2.24) is 20.2 Å². The third-order valence-corrected chi connectivity index (χ3v) is 6.29. The van der Waals surface area contributed by atoms with Gasteiger partial charge in [-0.15, -0.1) is 11.3 Å². The Morgan fingerprint density at radius 2 is 2.11 bits per heavy atom. The fourth-order valence-corrected chi connectivity index (χ4v) is 4.62. The monoisotopic (exact) mass is 385 g/mol. The highest BCUT2D eigenvalue weighted by atomic mass is 32.1. The SMILES string of the molecule is Cc1cnc(Nc2cccc(C3CCN(C(=O)[C@@H]4CCCCN4)CC3)n2)s1. The summed E-state index contributed by atoms with van der Waals surface area (Å²) in [6, 6.07) is 6.16. The third kappa shape index (κ3) is 4.47. The summed E-state index contributed by atoms with van der Waals surface area (Å²) in [5.74, 6) is 1.54. The number of aryl methyl sites for hydroxylation is 1. The molecule has 27 heavy (non-hydrogen) atoms. The highest BCUT2D eigenvalue weighted by Gasteiger charge is 2.29. The maximum Gasteiger partial charge on any atom is 0.239 e. The van der Waals surface area contributed by atoms with E-state index < -0.39 is 0 Å². The summed E-state index contributed by atoms with van der Waals surface area (Å²) in [6.45, 7) is 4.67. The van der Waals surface area contributed by atoms with Gasteiger partial charge in [0.25, 0.3) is 0 Å². The van der Waals surface area contributed by atoms with Gasteiger partial charge < -0.3 is 15.5 Å². The fourth-order valence-electron chi connectivity index (χ4n) is 3.95. The molecule has 0 spiro atoms. The van der Waals surface area contributed by atoms with E-state index in [-0.39, 0.29) is 11.9 Å². The van der Waals surface area contributed by atoms with E-state index in [2.05, 4.69) is 27.8 Å². The average molecular weight is 386 g/mol. The largest absolute Gasteiger partial charge is 0.341 e. The van der Waals surface area contributed by atoms with E-state index in [1.54, 1.807) is 11.3 Å². The second kappa shape index (κ2) is 8.35. The summed E-state index contributed by atoms with van der Waals surface area (Å²) >= 11 is 1.63. The van der Waals surface area contributed by atoms with Crippen LogP contribution in [0.1, 0.15) is 48.6 Å². The number of hydrogen-bond acceptors (Lipinski definition) is 6. The predicted molar refractivity (Wildman–Crippen MR) is 109 cm³/mol. The maximum atomic E-state index is 12.7. The van der Waals surface area contributed by atoms with Crippen LogP contribution in [-0.4, -0.2) is 46.5 Å². The number of hydrogen-bond donors (Lipinski definition) is 2. The molecule has 2 fully saturated rings. The molecule has 7 heteroatoms. The Labute approximate surface area is 164 Å². The van der Waals surface area contributed by atoms with Crippen molar-refractivity contribution in [3.8, 4) is 0 Å². The fraction of sp³-hybridized carbons (Fsp3) is 0.550. The van der Waals surface area contributed by atoms with Crippen molar-refractivity contribution in [3.63, 3.8) is 0 Å². The molecule has 4 rings (SSSR count). The van der Waals surface area contributed by atoms with Gasteiger partial charge in [0.2, 0.25) is 5.91 Å². The van der Waals surface area contributed by atoms with Crippen LogP contribution in [0.4, 0.5) is 10.9 Å². The molecule has 4 heterocycles. The Balaban J connectivity index is 1.35. The molecular formula is C20H27N5OS. The van der Waals surface area contributed by atoms with Crippen LogP contribution in [0.5, 0.6) is 0 Å². The van der Waals surface area contributed by atoms with Gasteiger partial charge in [-0.1, -0.05) is 12.5 Å². The number of likely N-dealkylation sites (tertiary alicyclic amines) is 1. The van der Waals surface area contributed by atoms with Crippen LogP contribution < -0.4 is 10.6 Å². The predicted octanol–water partition coefficient (Wildman–Crippen LogP) is 3.44. The number of pyridine rings is 1. The first-order valence-corrected chi connectivity index (χ1v) is 10.7. The Kier molecular flexibility index (Phi) is 5.69.